The van der Waals surface area contributed by atoms with Crippen molar-refractivity contribution in [2.24, 2.45) is 0 Å². The smallest absolute Gasteiger partial charge is 0.408 e. The Hall–Kier alpha value is -2.57. The first-order chi connectivity index (χ1) is 10.7. The van der Waals surface area contributed by atoms with E-state index in [0.717, 1.165) is 0 Å². The minimum absolute atomic E-state index is 0.248. The van der Waals surface area contributed by atoms with Crippen LogP contribution in [-0.2, 0) is 14.3 Å². The summed E-state index contributed by atoms with van der Waals surface area (Å²) < 4.78 is 5.02. The molecule has 0 spiro atoms. The van der Waals surface area contributed by atoms with Gasteiger partial charge in [-0.25, -0.2) is 4.79 Å². The van der Waals surface area contributed by atoms with E-state index in [1.165, 1.54) is 0 Å². The molecule has 7 nitrogen and oxygen atoms in total. The van der Waals surface area contributed by atoms with E-state index in [0.29, 0.717) is 5.56 Å². The second-order valence-electron chi connectivity index (χ2n) is 5.98. The predicted molar refractivity (Wildman–Crippen MR) is 83.8 cm³/mol. The molecule has 0 bridgehead atoms. The first-order valence-electron chi connectivity index (χ1n) is 7.20. The third-order valence-corrected chi connectivity index (χ3v) is 2.71. The van der Waals surface area contributed by atoms with Crippen LogP contribution in [0.2, 0.25) is 0 Å². The summed E-state index contributed by atoms with van der Waals surface area (Å²) in [7, 11) is 0. The predicted octanol–water partition coefficient (Wildman–Crippen LogP) is 1.84. The normalized spacial score (nSPS) is 12.1. The molecular weight excluding hydrogens is 300 g/mol. The molecule has 1 atom stereocenters. The number of benzene rings is 1. The minimum Gasteiger partial charge on any atom is -0.481 e. The van der Waals surface area contributed by atoms with E-state index in [4.69, 9.17) is 9.84 Å². The van der Waals surface area contributed by atoms with Crippen LogP contribution < -0.4 is 10.6 Å². The van der Waals surface area contributed by atoms with Gasteiger partial charge in [0.2, 0.25) is 5.91 Å². The zero-order valence-electron chi connectivity index (χ0n) is 13.5. The zero-order valence-corrected chi connectivity index (χ0v) is 13.5. The molecule has 0 aromatic heterocycles. The van der Waals surface area contributed by atoms with Gasteiger partial charge in [-0.2, -0.15) is 0 Å². The molecule has 1 unspecified atom stereocenters. The maximum Gasteiger partial charge on any atom is 0.408 e. The lowest BCUT2D eigenvalue weighted by molar-refractivity contribution is -0.137. The quantitative estimate of drug-likeness (QED) is 0.741. The van der Waals surface area contributed by atoms with Gasteiger partial charge in [-0.1, -0.05) is 30.3 Å². The third kappa shape index (κ3) is 7.85. The Morgan fingerprint density at radius 1 is 1.17 bits per heavy atom. The van der Waals surface area contributed by atoms with E-state index < -0.39 is 29.6 Å². The van der Waals surface area contributed by atoms with E-state index in [1.807, 2.05) is 0 Å². The maximum absolute atomic E-state index is 11.9. The summed E-state index contributed by atoms with van der Waals surface area (Å²) in [5, 5.41) is 13.9. The van der Waals surface area contributed by atoms with Crippen molar-refractivity contribution >= 4 is 18.0 Å². The molecule has 0 saturated heterocycles. The van der Waals surface area contributed by atoms with Crippen molar-refractivity contribution < 1.29 is 24.2 Å². The highest BCUT2D eigenvalue weighted by atomic mass is 16.6. The van der Waals surface area contributed by atoms with E-state index >= 15 is 0 Å². The van der Waals surface area contributed by atoms with Crippen molar-refractivity contribution in [3.63, 3.8) is 0 Å². The number of hydrogen-bond acceptors (Lipinski definition) is 4. The van der Waals surface area contributed by atoms with Crippen LogP contribution in [0.25, 0.3) is 0 Å². The SMILES string of the molecule is CC(C)(C)OC(=O)NCC(=O)NC(CC(=O)O)c1ccccc1. The Labute approximate surface area is 135 Å². The van der Waals surface area contributed by atoms with Crippen molar-refractivity contribution in [1.82, 2.24) is 10.6 Å². The van der Waals surface area contributed by atoms with Crippen molar-refractivity contribution in [3.05, 3.63) is 35.9 Å². The number of amides is 2. The van der Waals surface area contributed by atoms with Crippen LogP contribution in [0.3, 0.4) is 0 Å². The topological polar surface area (TPSA) is 105 Å². The second kappa shape index (κ2) is 8.17. The zero-order chi connectivity index (χ0) is 17.5. The monoisotopic (exact) mass is 322 g/mol. The standard InChI is InChI=1S/C16H22N2O5/c1-16(2,3)23-15(22)17-10-13(19)18-12(9-14(20)21)11-7-5-4-6-8-11/h4-8,12H,9-10H2,1-3H3,(H,17,22)(H,18,19)(H,20,21). The van der Waals surface area contributed by atoms with Crippen molar-refractivity contribution in [2.75, 3.05) is 6.54 Å². The molecule has 0 aliphatic rings. The van der Waals surface area contributed by atoms with Crippen LogP contribution >= 0.6 is 0 Å². The van der Waals surface area contributed by atoms with Gasteiger partial charge in [0.1, 0.15) is 12.1 Å². The Balaban J connectivity index is 2.57. The molecular formula is C16H22N2O5. The van der Waals surface area contributed by atoms with Crippen LogP contribution in [0.5, 0.6) is 0 Å². The van der Waals surface area contributed by atoms with Gasteiger partial charge in [0.25, 0.3) is 0 Å². The Morgan fingerprint density at radius 2 is 1.78 bits per heavy atom. The van der Waals surface area contributed by atoms with Crippen molar-refractivity contribution in [2.45, 2.75) is 38.8 Å². The first kappa shape index (κ1) is 18.5. The number of carbonyl (C=O) groups is 3. The number of carbonyl (C=O) groups excluding carboxylic acids is 2. The summed E-state index contributed by atoms with van der Waals surface area (Å²) in [4.78, 5) is 34.3. The van der Waals surface area contributed by atoms with Crippen LogP contribution in [0.4, 0.5) is 4.79 Å². The van der Waals surface area contributed by atoms with Gasteiger partial charge >= 0.3 is 12.1 Å². The number of alkyl carbamates (subject to hydrolysis) is 1. The summed E-state index contributed by atoms with van der Waals surface area (Å²) in [6, 6.07) is 8.11. The van der Waals surface area contributed by atoms with Crippen LogP contribution in [-0.4, -0.2) is 35.2 Å². The van der Waals surface area contributed by atoms with Crippen molar-refractivity contribution in [1.29, 1.82) is 0 Å². The molecule has 7 heteroatoms. The summed E-state index contributed by atoms with van der Waals surface area (Å²) in [6.45, 7) is 4.85. The number of rotatable bonds is 6. The first-order valence-corrected chi connectivity index (χ1v) is 7.20. The highest BCUT2D eigenvalue weighted by Crippen LogP contribution is 2.16. The number of nitrogens with one attached hydrogen (secondary N) is 2. The molecule has 3 N–H and O–H groups in total. The Morgan fingerprint density at radius 3 is 2.30 bits per heavy atom. The van der Waals surface area contributed by atoms with E-state index in [2.05, 4.69) is 10.6 Å². The molecule has 0 fully saturated rings. The molecule has 0 saturated carbocycles. The number of aliphatic carboxylic acids is 1. The molecule has 2 amide bonds. The fourth-order valence-corrected chi connectivity index (χ4v) is 1.82. The summed E-state index contributed by atoms with van der Waals surface area (Å²) >= 11 is 0. The number of carboxylic acids is 1. The van der Waals surface area contributed by atoms with E-state index in [9.17, 15) is 14.4 Å². The largest absolute Gasteiger partial charge is 0.481 e. The van der Waals surface area contributed by atoms with Gasteiger partial charge in [0, 0.05) is 0 Å². The number of carboxylic acid groups (broad SMARTS) is 1. The fourth-order valence-electron chi connectivity index (χ4n) is 1.82. The lowest BCUT2D eigenvalue weighted by Gasteiger charge is -2.20. The highest BCUT2D eigenvalue weighted by Gasteiger charge is 2.20. The van der Waals surface area contributed by atoms with Crippen LogP contribution in [0, 0.1) is 0 Å². The van der Waals surface area contributed by atoms with Gasteiger partial charge in [-0.15, -0.1) is 0 Å². The molecule has 0 radical (unpaired) electrons. The lowest BCUT2D eigenvalue weighted by Crippen LogP contribution is -2.41. The van der Waals surface area contributed by atoms with Crippen LogP contribution in [0.15, 0.2) is 30.3 Å². The summed E-state index contributed by atoms with van der Waals surface area (Å²) in [5.74, 6) is -1.52. The fraction of sp³-hybridized carbons (Fsp3) is 0.438. The molecule has 0 heterocycles. The van der Waals surface area contributed by atoms with Gasteiger partial charge in [0.05, 0.1) is 12.5 Å². The Kier molecular flexibility index (Phi) is 6.56. The van der Waals surface area contributed by atoms with Gasteiger partial charge in [-0.05, 0) is 26.3 Å². The van der Waals surface area contributed by atoms with Gasteiger partial charge in [0.15, 0.2) is 0 Å². The maximum atomic E-state index is 11.9. The molecule has 126 valence electrons. The molecule has 1 aromatic rings. The highest BCUT2D eigenvalue weighted by molar-refractivity contribution is 5.83. The van der Waals surface area contributed by atoms with E-state index in [1.54, 1.807) is 51.1 Å². The number of ether oxygens (including phenoxy) is 1. The number of hydrogen-bond donors (Lipinski definition) is 3. The second-order valence-corrected chi connectivity index (χ2v) is 5.98. The van der Waals surface area contributed by atoms with Gasteiger partial charge < -0.3 is 20.5 Å². The van der Waals surface area contributed by atoms with Crippen LogP contribution in [0.1, 0.15) is 38.8 Å². The molecule has 23 heavy (non-hydrogen) atoms. The summed E-state index contributed by atoms with van der Waals surface area (Å²) in [6.07, 6.45) is -0.954. The third-order valence-electron chi connectivity index (χ3n) is 2.71. The molecule has 1 aromatic carbocycles. The average Bonchev–Trinajstić information content (AvgIpc) is 2.43. The Bertz CT molecular complexity index is 551. The molecule has 0 aliphatic heterocycles. The van der Waals surface area contributed by atoms with Crippen molar-refractivity contribution in [3.8, 4) is 0 Å². The minimum atomic E-state index is -1.03. The average molecular weight is 322 g/mol. The molecule has 0 aliphatic carbocycles. The van der Waals surface area contributed by atoms with E-state index in [-0.39, 0.29) is 13.0 Å². The molecule has 1 rings (SSSR count). The summed E-state index contributed by atoms with van der Waals surface area (Å²) in [5.41, 5.74) is 0.0247. The lowest BCUT2D eigenvalue weighted by atomic mass is 10.0. The van der Waals surface area contributed by atoms with Gasteiger partial charge in [-0.3, -0.25) is 9.59 Å².